The number of nitrogen functional groups attached to an aromatic ring is 1. The zero-order chi connectivity index (χ0) is 10.6. The largest absolute Gasteiger partial charge is 0.382 e. The van der Waals surface area contributed by atoms with Crippen molar-refractivity contribution in [3.05, 3.63) is 11.8 Å². The number of rotatable bonds is 5. The summed E-state index contributed by atoms with van der Waals surface area (Å²) in [6.07, 6.45) is 4.36. The van der Waals surface area contributed by atoms with Crippen LogP contribution < -0.4 is 5.73 Å². The Hall–Kier alpha value is -1.03. The summed E-state index contributed by atoms with van der Waals surface area (Å²) in [5.74, 6) is 0.651. The molecule has 4 heteroatoms. The third-order valence-corrected chi connectivity index (χ3v) is 2.23. The molecule has 0 fully saturated rings. The monoisotopic (exact) mass is 196 g/mol. The predicted octanol–water partition coefficient (Wildman–Crippen LogP) is 1.12. The minimum Gasteiger partial charge on any atom is -0.382 e. The van der Waals surface area contributed by atoms with Crippen LogP contribution in [0.1, 0.15) is 18.4 Å². The molecule has 0 bridgehead atoms. The molecule has 2 N–H and O–H groups in total. The zero-order valence-corrected chi connectivity index (χ0v) is 9.32. The summed E-state index contributed by atoms with van der Waals surface area (Å²) in [5, 5.41) is 4.21. The molecule has 0 aromatic carbocycles. The maximum atomic E-state index is 5.65. The standard InChI is InChI=1S/C10H20N4/c1-9-8-14(12-10(9)11)7-5-4-6-13(2)3/h8H,4-7H2,1-3H3,(H2,11,12). The Morgan fingerprint density at radius 1 is 1.43 bits per heavy atom. The van der Waals surface area contributed by atoms with Crippen molar-refractivity contribution in [3.8, 4) is 0 Å². The summed E-state index contributed by atoms with van der Waals surface area (Å²) in [7, 11) is 4.19. The Labute approximate surface area is 85.7 Å². The minimum atomic E-state index is 0.651. The van der Waals surface area contributed by atoms with E-state index in [1.807, 2.05) is 17.8 Å². The van der Waals surface area contributed by atoms with E-state index in [1.54, 1.807) is 0 Å². The number of unbranched alkanes of at least 4 members (excludes halogenated alkanes) is 1. The predicted molar refractivity (Wildman–Crippen MR) is 59.2 cm³/mol. The van der Waals surface area contributed by atoms with Gasteiger partial charge in [0.25, 0.3) is 0 Å². The number of aryl methyl sites for hydroxylation is 2. The van der Waals surface area contributed by atoms with Crippen molar-refractivity contribution in [3.63, 3.8) is 0 Å². The quantitative estimate of drug-likeness (QED) is 0.718. The van der Waals surface area contributed by atoms with Gasteiger partial charge in [0, 0.05) is 18.3 Å². The van der Waals surface area contributed by atoms with Crippen LogP contribution in [-0.4, -0.2) is 35.3 Å². The van der Waals surface area contributed by atoms with Crippen LogP contribution in [0.4, 0.5) is 5.82 Å². The Bertz CT molecular complexity index is 258. The van der Waals surface area contributed by atoms with Crippen LogP contribution >= 0.6 is 0 Å². The van der Waals surface area contributed by atoms with Gasteiger partial charge >= 0.3 is 0 Å². The highest BCUT2D eigenvalue weighted by Crippen LogP contribution is 2.07. The number of aromatic nitrogens is 2. The summed E-state index contributed by atoms with van der Waals surface area (Å²) >= 11 is 0. The molecule has 1 heterocycles. The second-order valence-electron chi connectivity index (χ2n) is 3.97. The van der Waals surface area contributed by atoms with Gasteiger partial charge in [0.1, 0.15) is 5.82 Å². The van der Waals surface area contributed by atoms with Gasteiger partial charge in [-0.05, 0) is 40.4 Å². The molecular formula is C10H20N4. The zero-order valence-electron chi connectivity index (χ0n) is 9.32. The Balaban J connectivity index is 2.25. The summed E-state index contributed by atoms with van der Waals surface area (Å²) in [5.41, 5.74) is 6.72. The molecule has 0 radical (unpaired) electrons. The second-order valence-corrected chi connectivity index (χ2v) is 3.97. The smallest absolute Gasteiger partial charge is 0.148 e. The summed E-state index contributed by atoms with van der Waals surface area (Å²) in [4.78, 5) is 2.20. The molecule has 0 aliphatic rings. The van der Waals surface area contributed by atoms with Gasteiger partial charge in [-0.15, -0.1) is 0 Å². The Morgan fingerprint density at radius 2 is 2.14 bits per heavy atom. The highest BCUT2D eigenvalue weighted by Gasteiger charge is 1.99. The van der Waals surface area contributed by atoms with Crippen molar-refractivity contribution in [1.82, 2.24) is 14.7 Å². The average molecular weight is 196 g/mol. The van der Waals surface area contributed by atoms with Crippen molar-refractivity contribution in [2.24, 2.45) is 0 Å². The molecule has 0 atom stereocenters. The van der Waals surface area contributed by atoms with E-state index in [9.17, 15) is 0 Å². The molecule has 0 aliphatic heterocycles. The van der Waals surface area contributed by atoms with E-state index in [0.717, 1.165) is 25.1 Å². The average Bonchev–Trinajstić information content (AvgIpc) is 2.40. The number of hydrogen-bond acceptors (Lipinski definition) is 3. The van der Waals surface area contributed by atoms with E-state index in [2.05, 4.69) is 24.1 Å². The fourth-order valence-corrected chi connectivity index (χ4v) is 1.35. The van der Waals surface area contributed by atoms with Crippen molar-refractivity contribution >= 4 is 5.82 Å². The van der Waals surface area contributed by atoms with Gasteiger partial charge in [0.2, 0.25) is 0 Å². The highest BCUT2D eigenvalue weighted by atomic mass is 15.3. The molecule has 0 saturated heterocycles. The molecule has 0 aliphatic carbocycles. The van der Waals surface area contributed by atoms with Crippen molar-refractivity contribution in [1.29, 1.82) is 0 Å². The second kappa shape index (κ2) is 5.00. The number of hydrogen-bond donors (Lipinski definition) is 1. The number of nitrogens with zero attached hydrogens (tertiary/aromatic N) is 3. The lowest BCUT2D eigenvalue weighted by atomic mass is 10.3. The van der Waals surface area contributed by atoms with Gasteiger partial charge in [0.05, 0.1) is 0 Å². The maximum absolute atomic E-state index is 5.65. The van der Waals surface area contributed by atoms with Gasteiger partial charge in [-0.1, -0.05) is 0 Å². The number of nitrogens with two attached hydrogens (primary N) is 1. The van der Waals surface area contributed by atoms with Gasteiger partial charge in [-0.2, -0.15) is 5.10 Å². The number of anilines is 1. The SMILES string of the molecule is Cc1cn(CCCCN(C)C)nc1N. The van der Waals surface area contributed by atoms with Crippen LogP contribution in [0.25, 0.3) is 0 Å². The van der Waals surface area contributed by atoms with Crippen LogP contribution in [0.3, 0.4) is 0 Å². The van der Waals surface area contributed by atoms with Crippen LogP contribution in [-0.2, 0) is 6.54 Å². The van der Waals surface area contributed by atoms with E-state index < -0.39 is 0 Å². The molecule has 0 unspecified atom stereocenters. The first-order valence-electron chi connectivity index (χ1n) is 5.04. The van der Waals surface area contributed by atoms with E-state index in [1.165, 1.54) is 6.42 Å². The first-order chi connectivity index (χ1) is 6.59. The molecule has 1 aromatic rings. The third-order valence-electron chi connectivity index (χ3n) is 2.23. The first kappa shape index (κ1) is 11.0. The summed E-state index contributed by atoms with van der Waals surface area (Å²) < 4.78 is 1.93. The highest BCUT2D eigenvalue weighted by molar-refractivity contribution is 5.35. The van der Waals surface area contributed by atoms with Crippen molar-refractivity contribution < 1.29 is 0 Å². The fourth-order valence-electron chi connectivity index (χ4n) is 1.35. The first-order valence-corrected chi connectivity index (χ1v) is 5.04. The van der Waals surface area contributed by atoms with E-state index in [4.69, 9.17) is 5.73 Å². The maximum Gasteiger partial charge on any atom is 0.148 e. The van der Waals surface area contributed by atoms with Crippen LogP contribution in [0.15, 0.2) is 6.20 Å². The molecule has 1 rings (SSSR count). The molecule has 0 amide bonds. The molecular weight excluding hydrogens is 176 g/mol. The molecule has 0 saturated carbocycles. The molecule has 1 aromatic heterocycles. The van der Waals surface area contributed by atoms with Crippen molar-refractivity contribution in [2.45, 2.75) is 26.3 Å². The van der Waals surface area contributed by atoms with Crippen molar-refractivity contribution in [2.75, 3.05) is 26.4 Å². The topological polar surface area (TPSA) is 47.1 Å². The van der Waals surface area contributed by atoms with E-state index >= 15 is 0 Å². The van der Waals surface area contributed by atoms with Gasteiger partial charge in [-0.25, -0.2) is 0 Å². The minimum absolute atomic E-state index is 0.651. The Morgan fingerprint density at radius 3 is 2.64 bits per heavy atom. The normalized spacial score (nSPS) is 11.1. The van der Waals surface area contributed by atoms with Gasteiger partial charge in [-0.3, -0.25) is 4.68 Å². The molecule has 14 heavy (non-hydrogen) atoms. The molecule has 0 spiro atoms. The third kappa shape index (κ3) is 3.38. The van der Waals surface area contributed by atoms with E-state index in [-0.39, 0.29) is 0 Å². The lowest BCUT2D eigenvalue weighted by Crippen LogP contribution is -2.13. The summed E-state index contributed by atoms with van der Waals surface area (Å²) in [6, 6.07) is 0. The molecule has 4 nitrogen and oxygen atoms in total. The molecule has 80 valence electrons. The lowest BCUT2D eigenvalue weighted by Gasteiger charge is -2.08. The summed E-state index contributed by atoms with van der Waals surface area (Å²) in [6.45, 7) is 4.08. The van der Waals surface area contributed by atoms with Crippen LogP contribution in [0, 0.1) is 6.92 Å². The van der Waals surface area contributed by atoms with Crippen LogP contribution in [0.2, 0.25) is 0 Å². The lowest BCUT2D eigenvalue weighted by molar-refractivity contribution is 0.384. The van der Waals surface area contributed by atoms with E-state index in [0.29, 0.717) is 5.82 Å². The van der Waals surface area contributed by atoms with Gasteiger partial charge < -0.3 is 10.6 Å². The van der Waals surface area contributed by atoms with Gasteiger partial charge in [0.15, 0.2) is 0 Å². The Kier molecular flexibility index (Phi) is 3.95. The van der Waals surface area contributed by atoms with Crippen LogP contribution in [0.5, 0.6) is 0 Å². The fraction of sp³-hybridized carbons (Fsp3) is 0.700.